The average molecular weight is 579 g/mol. The summed E-state index contributed by atoms with van der Waals surface area (Å²) in [5.41, 5.74) is 7.94. The Labute approximate surface area is 253 Å². The number of hydrogen-bond acceptors (Lipinski definition) is 6. The summed E-state index contributed by atoms with van der Waals surface area (Å²) in [7, 11) is 0. The van der Waals surface area contributed by atoms with Crippen LogP contribution in [0.15, 0.2) is 97.1 Å². The van der Waals surface area contributed by atoms with Crippen LogP contribution in [0.25, 0.3) is 33.0 Å². The first kappa shape index (κ1) is 31.3. The third kappa shape index (κ3) is 8.21. The second-order valence-electron chi connectivity index (χ2n) is 10.7. The van der Waals surface area contributed by atoms with E-state index in [-0.39, 0.29) is 26.4 Å². The van der Waals surface area contributed by atoms with E-state index in [4.69, 9.17) is 14.2 Å². The highest BCUT2D eigenvalue weighted by Gasteiger charge is 2.17. The van der Waals surface area contributed by atoms with E-state index in [1.165, 1.54) is 5.56 Å². The zero-order valence-corrected chi connectivity index (χ0v) is 25.1. The molecule has 0 radical (unpaired) electrons. The van der Waals surface area contributed by atoms with E-state index >= 15 is 0 Å². The number of benzene rings is 4. The van der Waals surface area contributed by atoms with Gasteiger partial charge >= 0.3 is 11.9 Å². The second kappa shape index (κ2) is 14.5. The number of ether oxygens (including phenoxy) is 3. The molecule has 0 fully saturated rings. The molecule has 0 aliphatic carbocycles. The van der Waals surface area contributed by atoms with Gasteiger partial charge in [0.05, 0.1) is 19.8 Å². The summed E-state index contributed by atoms with van der Waals surface area (Å²) in [6, 6.07) is 25.1. The molecule has 1 N–H and O–H groups in total. The quantitative estimate of drug-likeness (QED) is 0.134. The Morgan fingerprint density at radius 2 is 1.16 bits per heavy atom. The summed E-state index contributed by atoms with van der Waals surface area (Å²) in [5.74, 6) is -0.323. The Morgan fingerprint density at radius 3 is 1.67 bits per heavy atom. The largest absolute Gasteiger partial charge is 0.491 e. The van der Waals surface area contributed by atoms with Crippen LogP contribution in [0, 0.1) is 6.92 Å². The summed E-state index contributed by atoms with van der Waals surface area (Å²) in [6.07, 6.45) is 0.848. The molecule has 0 aliphatic heterocycles. The molecular weight excluding hydrogens is 540 g/mol. The van der Waals surface area contributed by atoms with Crippen LogP contribution in [-0.2, 0) is 31.9 Å². The van der Waals surface area contributed by atoms with Crippen LogP contribution in [0.2, 0.25) is 0 Å². The molecule has 0 unspecified atom stereocenters. The Morgan fingerprint density at radius 1 is 0.674 bits per heavy atom. The maximum absolute atomic E-state index is 12.1. The molecule has 0 saturated heterocycles. The summed E-state index contributed by atoms with van der Waals surface area (Å²) in [5, 5.41) is 11.5. The Hall–Kier alpha value is -4.68. The number of aryl methyl sites for hydroxylation is 1. The first-order valence-electron chi connectivity index (χ1n) is 14.3. The maximum Gasteiger partial charge on any atom is 0.333 e. The topological polar surface area (TPSA) is 82.1 Å². The molecule has 0 atom stereocenters. The van der Waals surface area contributed by atoms with E-state index in [1.54, 1.807) is 13.8 Å². The highest BCUT2D eigenvalue weighted by Crippen LogP contribution is 2.36. The fraction of sp³-hybridized carbons (Fsp3) is 0.243. The minimum absolute atomic E-state index is 0.131. The standard InChI is InChI=1S/C37H38O6/c1-24(2)36(39)42-17-14-32-22-34(41-19-16-38)23-33(15-18-43-37(40)25(3)4)35(32)31-13-12-29-20-28(10-11-30(29)21-31)27-8-6-26(5)7-9-27/h6-13,20-23,38H,1,3,14-19H2,2,4-5H3. The molecule has 4 rings (SSSR count). The van der Waals surface area contributed by atoms with E-state index in [0.29, 0.717) is 29.7 Å². The van der Waals surface area contributed by atoms with Crippen molar-refractivity contribution >= 4 is 22.7 Å². The van der Waals surface area contributed by atoms with Crippen LogP contribution in [-0.4, -0.2) is 43.5 Å². The summed E-state index contributed by atoms with van der Waals surface area (Å²) < 4.78 is 16.7. The lowest BCUT2D eigenvalue weighted by molar-refractivity contribution is -0.139. The maximum atomic E-state index is 12.1. The number of carbonyl (C=O) groups excluding carboxylic acids is 2. The highest BCUT2D eigenvalue weighted by molar-refractivity contribution is 5.92. The first-order chi connectivity index (χ1) is 20.7. The number of hydrogen-bond donors (Lipinski definition) is 1. The molecule has 6 nitrogen and oxygen atoms in total. The van der Waals surface area contributed by atoms with Crippen molar-refractivity contribution in [2.24, 2.45) is 0 Å². The molecule has 0 aromatic heterocycles. The van der Waals surface area contributed by atoms with Crippen molar-refractivity contribution in [2.75, 3.05) is 26.4 Å². The first-order valence-corrected chi connectivity index (χ1v) is 14.3. The molecule has 0 amide bonds. The minimum atomic E-state index is -0.448. The molecule has 43 heavy (non-hydrogen) atoms. The van der Waals surface area contributed by atoms with Crippen molar-refractivity contribution in [3.63, 3.8) is 0 Å². The average Bonchev–Trinajstić information content (AvgIpc) is 2.99. The molecular formula is C37H38O6. The van der Waals surface area contributed by atoms with E-state index in [9.17, 15) is 14.7 Å². The molecule has 0 bridgehead atoms. The predicted octanol–water partition coefficient (Wildman–Crippen LogP) is 7.18. The Kier molecular flexibility index (Phi) is 10.5. The number of carbonyl (C=O) groups is 2. The SMILES string of the molecule is C=C(C)C(=O)OCCc1cc(OCCO)cc(CCOC(=O)C(=C)C)c1-c1ccc2cc(-c3ccc(C)cc3)ccc2c1. The molecule has 0 spiro atoms. The smallest absolute Gasteiger partial charge is 0.333 e. The molecule has 0 saturated carbocycles. The van der Waals surface area contributed by atoms with Crippen LogP contribution in [0.1, 0.15) is 30.5 Å². The normalized spacial score (nSPS) is 10.8. The third-order valence-electron chi connectivity index (χ3n) is 7.06. The van der Waals surface area contributed by atoms with Gasteiger partial charge in [0.15, 0.2) is 0 Å². The van der Waals surface area contributed by atoms with Gasteiger partial charge in [-0.1, -0.05) is 67.3 Å². The summed E-state index contributed by atoms with van der Waals surface area (Å²) in [6.45, 7) is 12.9. The van der Waals surface area contributed by atoms with Crippen LogP contribution in [0.4, 0.5) is 0 Å². The number of rotatable bonds is 13. The predicted molar refractivity (Wildman–Crippen MR) is 171 cm³/mol. The van der Waals surface area contributed by atoms with Gasteiger partial charge in [-0.25, -0.2) is 9.59 Å². The van der Waals surface area contributed by atoms with Crippen molar-refractivity contribution in [3.05, 3.63) is 114 Å². The van der Waals surface area contributed by atoms with E-state index in [2.05, 4.69) is 80.7 Å². The van der Waals surface area contributed by atoms with Crippen LogP contribution in [0.3, 0.4) is 0 Å². The fourth-order valence-electron chi connectivity index (χ4n) is 4.83. The van der Waals surface area contributed by atoms with Crippen molar-refractivity contribution in [1.82, 2.24) is 0 Å². The van der Waals surface area contributed by atoms with Gasteiger partial charge in [0.25, 0.3) is 0 Å². The molecule has 4 aromatic rings. The Bertz CT molecular complexity index is 1600. The van der Waals surface area contributed by atoms with E-state index in [1.807, 2.05) is 12.1 Å². The number of fused-ring (bicyclic) bond motifs is 1. The van der Waals surface area contributed by atoms with E-state index < -0.39 is 11.9 Å². The Balaban J connectivity index is 1.76. The van der Waals surface area contributed by atoms with Crippen LogP contribution >= 0.6 is 0 Å². The van der Waals surface area contributed by atoms with Crippen LogP contribution < -0.4 is 4.74 Å². The van der Waals surface area contributed by atoms with Gasteiger partial charge in [-0.2, -0.15) is 0 Å². The molecule has 0 aliphatic rings. The van der Waals surface area contributed by atoms with Gasteiger partial charge < -0.3 is 19.3 Å². The van der Waals surface area contributed by atoms with Crippen molar-refractivity contribution in [2.45, 2.75) is 33.6 Å². The second-order valence-corrected chi connectivity index (χ2v) is 10.7. The fourth-order valence-corrected chi connectivity index (χ4v) is 4.83. The van der Waals surface area contributed by atoms with Gasteiger partial charge in [-0.05, 0) is 89.2 Å². The summed E-state index contributed by atoms with van der Waals surface area (Å²) in [4.78, 5) is 24.2. The van der Waals surface area contributed by atoms with Crippen molar-refractivity contribution in [3.8, 4) is 28.0 Å². The lowest BCUT2D eigenvalue weighted by Gasteiger charge is -2.19. The highest BCUT2D eigenvalue weighted by atomic mass is 16.5. The van der Waals surface area contributed by atoms with Gasteiger partial charge in [-0.3, -0.25) is 0 Å². The van der Waals surface area contributed by atoms with Gasteiger partial charge in [0.2, 0.25) is 0 Å². The minimum Gasteiger partial charge on any atom is -0.491 e. The third-order valence-corrected chi connectivity index (χ3v) is 7.06. The summed E-state index contributed by atoms with van der Waals surface area (Å²) >= 11 is 0. The van der Waals surface area contributed by atoms with Gasteiger partial charge in [0.1, 0.15) is 12.4 Å². The number of aliphatic hydroxyl groups excluding tert-OH is 1. The van der Waals surface area contributed by atoms with Crippen LogP contribution in [0.5, 0.6) is 5.75 Å². The van der Waals surface area contributed by atoms with E-state index in [0.717, 1.165) is 44.2 Å². The monoisotopic (exact) mass is 578 g/mol. The number of aliphatic hydroxyl groups is 1. The van der Waals surface area contributed by atoms with Gasteiger partial charge in [-0.15, -0.1) is 0 Å². The lowest BCUT2D eigenvalue weighted by Crippen LogP contribution is -2.12. The van der Waals surface area contributed by atoms with Crippen molar-refractivity contribution < 1.29 is 28.9 Å². The lowest BCUT2D eigenvalue weighted by atomic mass is 9.89. The zero-order valence-electron chi connectivity index (χ0n) is 25.1. The van der Waals surface area contributed by atoms with Gasteiger partial charge in [0, 0.05) is 24.0 Å². The molecule has 6 heteroatoms. The molecule has 222 valence electrons. The molecule has 4 aromatic carbocycles. The van der Waals surface area contributed by atoms with Crippen molar-refractivity contribution in [1.29, 1.82) is 0 Å². The number of esters is 2. The molecule has 0 heterocycles. The zero-order chi connectivity index (χ0) is 30.9.